The average molecular weight is 264 g/mol. The van der Waals surface area contributed by atoms with Crippen LogP contribution in [0, 0.1) is 13.8 Å². The summed E-state index contributed by atoms with van der Waals surface area (Å²) in [6, 6.07) is 12.0. The quantitative estimate of drug-likeness (QED) is 0.515. The van der Waals surface area contributed by atoms with Crippen molar-refractivity contribution in [3.8, 4) is 11.1 Å². The van der Waals surface area contributed by atoms with Crippen molar-refractivity contribution in [3.63, 3.8) is 0 Å². The summed E-state index contributed by atoms with van der Waals surface area (Å²) in [7, 11) is 0. The van der Waals surface area contributed by atoms with Crippen molar-refractivity contribution in [2.24, 2.45) is 0 Å². The van der Waals surface area contributed by atoms with Crippen molar-refractivity contribution < 1.29 is 8.83 Å². The smallest absolute Gasteiger partial charge is 0.192 e. The zero-order valence-corrected chi connectivity index (χ0v) is 11.2. The van der Waals surface area contributed by atoms with E-state index >= 15 is 0 Å². The molecule has 2 aromatic carbocycles. The van der Waals surface area contributed by atoms with Crippen molar-refractivity contribution in [2.45, 2.75) is 13.8 Å². The van der Waals surface area contributed by atoms with E-state index in [2.05, 4.69) is 9.97 Å². The molecule has 4 aromatic rings. The maximum atomic E-state index is 5.57. The van der Waals surface area contributed by atoms with Gasteiger partial charge in [0.1, 0.15) is 11.0 Å². The van der Waals surface area contributed by atoms with Crippen LogP contribution in [0.2, 0.25) is 0 Å². The first kappa shape index (κ1) is 11.2. The van der Waals surface area contributed by atoms with Crippen molar-refractivity contribution in [1.82, 2.24) is 9.97 Å². The molecular formula is C16H12N2O2. The summed E-state index contributed by atoms with van der Waals surface area (Å²) in [5.41, 5.74) is 5.50. The molecular weight excluding hydrogens is 252 g/mol. The lowest BCUT2D eigenvalue weighted by Crippen LogP contribution is -1.78. The van der Waals surface area contributed by atoms with Gasteiger partial charge in [0.2, 0.25) is 0 Å². The molecule has 0 aliphatic heterocycles. The van der Waals surface area contributed by atoms with Gasteiger partial charge in [0.25, 0.3) is 0 Å². The van der Waals surface area contributed by atoms with Crippen molar-refractivity contribution >= 4 is 22.2 Å². The van der Waals surface area contributed by atoms with Gasteiger partial charge in [-0.2, -0.15) is 0 Å². The van der Waals surface area contributed by atoms with Gasteiger partial charge < -0.3 is 8.83 Å². The van der Waals surface area contributed by atoms with E-state index in [4.69, 9.17) is 8.83 Å². The number of aromatic nitrogens is 2. The highest BCUT2D eigenvalue weighted by atomic mass is 16.3. The summed E-state index contributed by atoms with van der Waals surface area (Å²) >= 11 is 0. The predicted molar refractivity (Wildman–Crippen MR) is 76.5 cm³/mol. The Kier molecular flexibility index (Phi) is 2.21. The molecule has 0 aliphatic rings. The third kappa shape index (κ3) is 1.69. The SMILES string of the molecule is Cc1nc2ccc(-c3ccc4nc(C)oc4c3)cc2o1. The number of hydrogen-bond donors (Lipinski definition) is 0. The molecule has 4 rings (SSSR count). The van der Waals surface area contributed by atoms with Crippen molar-refractivity contribution in [3.05, 3.63) is 48.2 Å². The highest BCUT2D eigenvalue weighted by Crippen LogP contribution is 2.27. The zero-order valence-electron chi connectivity index (χ0n) is 11.2. The minimum absolute atomic E-state index is 0.679. The molecule has 20 heavy (non-hydrogen) atoms. The molecule has 2 heterocycles. The average Bonchev–Trinajstić information content (AvgIpc) is 2.97. The molecule has 0 unspecified atom stereocenters. The fourth-order valence-corrected chi connectivity index (χ4v) is 2.44. The predicted octanol–water partition coefficient (Wildman–Crippen LogP) is 4.25. The van der Waals surface area contributed by atoms with E-state index in [0.717, 1.165) is 33.3 Å². The number of benzene rings is 2. The molecule has 0 fully saturated rings. The van der Waals surface area contributed by atoms with E-state index in [1.807, 2.05) is 50.2 Å². The highest BCUT2D eigenvalue weighted by molar-refractivity contribution is 5.84. The summed E-state index contributed by atoms with van der Waals surface area (Å²) in [5, 5.41) is 0. The first-order chi connectivity index (χ1) is 9.69. The second-order valence-corrected chi connectivity index (χ2v) is 4.83. The monoisotopic (exact) mass is 264 g/mol. The zero-order chi connectivity index (χ0) is 13.7. The normalized spacial score (nSPS) is 11.5. The molecule has 0 atom stereocenters. The Hall–Kier alpha value is -2.62. The van der Waals surface area contributed by atoms with E-state index < -0.39 is 0 Å². The third-order valence-corrected chi connectivity index (χ3v) is 3.32. The van der Waals surface area contributed by atoms with Crippen LogP contribution in [0.4, 0.5) is 0 Å². The lowest BCUT2D eigenvalue weighted by atomic mass is 10.1. The summed E-state index contributed by atoms with van der Waals surface area (Å²) < 4.78 is 11.1. The maximum Gasteiger partial charge on any atom is 0.192 e. The van der Waals surface area contributed by atoms with Crippen molar-refractivity contribution in [2.75, 3.05) is 0 Å². The Balaban J connectivity index is 1.90. The molecule has 0 amide bonds. The van der Waals surface area contributed by atoms with E-state index in [9.17, 15) is 0 Å². The highest BCUT2D eigenvalue weighted by Gasteiger charge is 2.07. The van der Waals surface area contributed by atoms with Gasteiger partial charge in [-0.1, -0.05) is 12.1 Å². The standard InChI is InChI=1S/C16H12N2O2/c1-9-17-13-5-3-11(7-15(13)19-9)12-4-6-14-16(8-12)20-10(2)18-14/h3-8H,1-2H3. The van der Waals surface area contributed by atoms with Gasteiger partial charge in [0, 0.05) is 13.8 Å². The van der Waals surface area contributed by atoms with Crippen LogP contribution >= 0.6 is 0 Å². The Bertz CT molecular complexity index is 856. The Labute approximate surface area is 115 Å². The molecule has 4 nitrogen and oxygen atoms in total. The lowest BCUT2D eigenvalue weighted by Gasteiger charge is -2.00. The topological polar surface area (TPSA) is 52.1 Å². The van der Waals surface area contributed by atoms with Gasteiger partial charge in [-0.3, -0.25) is 0 Å². The summed E-state index contributed by atoms with van der Waals surface area (Å²) in [6.07, 6.45) is 0. The number of rotatable bonds is 1. The Morgan fingerprint density at radius 3 is 1.60 bits per heavy atom. The fourth-order valence-electron chi connectivity index (χ4n) is 2.44. The maximum absolute atomic E-state index is 5.57. The molecule has 0 radical (unpaired) electrons. The fraction of sp³-hybridized carbons (Fsp3) is 0.125. The number of oxazole rings is 2. The minimum atomic E-state index is 0.679. The molecule has 98 valence electrons. The molecule has 4 heteroatoms. The summed E-state index contributed by atoms with van der Waals surface area (Å²) in [4.78, 5) is 8.61. The van der Waals surface area contributed by atoms with Crippen LogP contribution in [0.25, 0.3) is 33.3 Å². The lowest BCUT2D eigenvalue weighted by molar-refractivity contribution is 0.560. The van der Waals surface area contributed by atoms with Crippen molar-refractivity contribution in [1.29, 1.82) is 0 Å². The van der Waals surface area contributed by atoms with Gasteiger partial charge in [-0.05, 0) is 35.4 Å². The Morgan fingerprint density at radius 1 is 0.700 bits per heavy atom. The van der Waals surface area contributed by atoms with Crippen LogP contribution in [0.1, 0.15) is 11.8 Å². The number of fused-ring (bicyclic) bond motifs is 2. The molecule has 0 saturated carbocycles. The molecule has 0 N–H and O–H groups in total. The van der Waals surface area contributed by atoms with Gasteiger partial charge in [0.15, 0.2) is 22.9 Å². The molecule has 0 bridgehead atoms. The van der Waals surface area contributed by atoms with E-state index in [-0.39, 0.29) is 0 Å². The summed E-state index contributed by atoms with van der Waals surface area (Å²) in [6.45, 7) is 3.70. The van der Waals surface area contributed by atoms with Gasteiger partial charge in [-0.15, -0.1) is 0 Å². The largest absolute Gasteiger partial charge is 0.441 e. The first-order valence-electron chi connectivity index (χ1n) is 6.44. The van der Waals surface area contributed by atoms with E-state index in [1.165, 1.54) is 0 Å². The van der Waals surface area contributed by atoms with Crippen LogP contribution in [0.5, 0.6) is 0 Å². The van der Waals surface area contributed by atoms with Crippen LogP contribution < -0.4 is 0 Å². The van der Waals surface area contributed by atoms with Crippen LogP contribution in [-0.2, 0) is 0 Å². The minimum Gasteiger partial charge on any atom is -0.441 e. The van der Waals surface area contributed by atoms with E-state index in [1.54, 1.807) is 0 Å². The molecule has 2 aromatic heterocycles. The van der Waals surface area contributed by atoms with E-state index in [0.29, 0.717) is 11.8 Å². The van der Waals surface area contributed by atoms with Crippen LogP contribution in [-0.4, -0.2) is 9.97 Å². The van der Waals surface area contributed by atoms with Crippen LogP contribution in [0.3, 0.4) is 0 Å². The van der Waals surface area contributed by atoms with Gasteiger partial charge in [0.05, 0.1) is 0 Å². The molecule has 0 saturated heterocycles. The summed E-state index contributed by atoms with van der Waals surface area (Å²) in [5.74, 6) is 1.36. The van der Waals surface area contributed by atoms with Crippen LogP contribution in [0.15, 0.2) is 45.2 Å². The van der Waals surface area contributed by atoms with Gasteiger partial charge >= 0.3 is 0 Å². The van der Waals surface area contributed by atoms with Gasteiger partial charge in [-0.25, -0.2) is 9.97 Å². The number of nitrogens with zero attached hydrogens (tertiary/aromatic N) is 2. The third-order valence-electron chi connectivity index (χ3n) is 3.32. The molecule has 0 aliphatic carbocycles. The number of hydrogen-bond acceptors (Lipinski definition) is 4. The Morgan fingerprint density at radius 2 is 1.15 bits per heavy atom. The first-order valence-corrected chi connectivity index (χ1v) is 6.44. The number of aryl methyl sites for hydroxylation is 2. The molecule has 0 spiro atoms. The second kappa shape index (κ2) is 3.93. The second-order valence-electron chi connectivity index (χ2n) is 4.83.